The summed E-state index contributed by atoms with van der Waals surface area (Å²) in [4.78, 5) is 16.3. The summed E-state index contributed by atoms with van der Waals surface area (Å²) >= 11 is 0. The van der Waals surface area contributed by atoms with Crippen molar-refractivity contribution in [3.8, 4) is 0 Å². The molecule has 1 amide bonds. The first-order valence-corrected chi connectivity index (χ1v) is 7.41. The Labute approximate surface area is 120 Å². The van der Waals surface area contributed by atoms with Crippen molar-refractivity contribution in [1.29, 1.82) is 0 Å². The molecule has 0 radical (unpaired) electrons. The van der Waals surface area contributed by atoms with Gasteiger partial charge in [-0.15, -0.1) is 0 Å². The summed E-state index contributed by atoms with van der Waals surface area (Å²) in [6.07, 6.45) is 7.46. The number of hydrogen-bond acceptors (Lipinski definition) is 3. The Morgan fingerprint density at radius 3 is 2.70 bits per heavy atom. The van der Waals surface area contributed by atoms with Gasteiger partial charge in [0.1, 0.15) is 0 Å². The Balaban J connectivity index is 1.52. The molecule has 1 spiro atoms. The van der Waals surface area contributed by atoms with Gasteiger partial charge in [-0.3, -0.25) is 14.4 Å². The number of carbonyl (C=O) groups is 1. The van der Waals surface area contributed by atoms with Crippen molar-refractivity contribution in [2.75, 3.05) is 27.2 Å². The fourth-order valence-electron chi connectivity index (χ4n) is 3.53. The van der Waals surface area contributed by atoms with Crippen LogP contribution in [0.1, 0.15) is 24.8 Å². The zero-order chi connectivity index (χ0) is 14.3. The molecule has 0 N–H and O–H groups in total. The highest BCUT2D eigenvalue weighted by molar-refractivity contribution is 5.82. The normalized spacial score (nSPS) is 24.9. The van der Waals surface area contributed by atoms with Gasteiger partial charge in [0.25, 0.3) is 0 Å². The van der Waals surface area contributed by atoms with Crippen LogP contribution in [-0.4, -0.2) is 52.7 Å². The van der Waals surface area contributed by atoms with Gasteiger partial charge in [-0.25, -0.2) is 0 Å². The number of likely N-dealkylation sites (tertiary alicyclic amines) is 1. The largest absolute Gasteiger partial charge is 0.349 e. The molecule has 5 nitrogen and oxygen atoms in total. The van der Waals surface area contributed by atoms with Crippen LogP contribution in [0.5, 0.6) is 0 Å². The summed E-state index contributed by atoms with van der Waals surface area (Å²) in [6.45, 7) is 3.19. The van der Waals surface area contributed by atoms with Crippen molar-refractivity contribution in [2.45, 2.75) is 25.8 Å². The van der Waals surface area contributed by atoms with Crippen molar-refractivity contribution in [2.24, 2.45) is 18.4 Å². The molecular formula is C15H24N4O. The van der Waals surface area contributed by atoms with Crippen molar-refractivity contribution >= 4 is 5.91 Å². The Morgan fingerprint density at radius 2 is 2.15 bits per heavy atom. The van der Waals surface area contributed by atoms with Crippen LogP contribution >= 0.6 is 0 Å². The summed E-state index contributed by atoms with van der Waals surface area (Å²) < 4.78 is 1.85. The molecule has 1 aliphatic carbocycles. The van der Waals surface area contributed by atoms with E-state index in [4.69, 9.17) is 0 Å². The van der Waals surface area contributed by atoms with E-state index in [1.807, 2.05) is 32.0 Å². The van der Waals surface area contributed by atoms with Gasteiger partial charge in [0, 0.05) is 45.4 Å². The van der Waals surface area contributed by atoms with Crippen molar-refractivity contribution in [1.82, 2.24) is 19.6 Å². The maximum Gasteiger partial charge on any atom is 0.225 e. The zero-order valence-electron chi connectivity index (χ0n) is 12.7. The molecule has 1 aromatic heterocycles. The highest BCUT2D eigenvalue weighted by Crippen LogP contribution is 2.59. The van der Waals surface area contributed by atoms with Gasteiger partial charge in [-0.2, -0.15) is 5.10 Å². The molecule has 1 saturated carbocycles. The lowest BCUT2D eigenvalue weighted by Gasteiger charge is -2.32. The predicted molar refractivity (Wildman–Crippen MR) is 77.0 cm³/mol. The average Bonchev–Trinajstić information content (AvgIpc) is 2.96. The second-order valence-corrected chi connectivity index (χ2v) is 6.65. The lowest BCUT2D eigenvalue weighted by atomic mass is 9.90. The minimum absolute atomic E-state index is 0.290. The maximum atomic E-state index is 12.1. The number of amides is 1. The Morgan fingerprint density at radius 1 is 1.45 bits per heavy atom. The van der Waals surface area contributed by atoms with Crippen molar-refractivity contribution < 1.29 is 4.79 Å². The second kappa shape index (κ2) is 4.88. The molecule has 5 heteroatoms. The molecule has 1 saturated heterocycles. The third-order valence-corrected chi connectivity index (χ3v) is 4.94. The summed E-state index contributed by atoms with van der Waals surface area (Å²) in [5.41, 5.74) is 1.60. The van der Waals surface area contributed by atoms with E-state index in [2.05, 4.69) is 16.2 Å². The standard InChI is InChI=1S/C15H24N4O/c1-17(2)14(20)13-8-15(13)4-6-19(7-5-15)11-12-9-16-18(3)10-12/h9-10,13H,4-8,11H2,1-3H3. The topological polar surface area (TPSA) is 41.4 Å². The van der Waals surface area contributed by atoms with E-state index < -0.39 is 0 Å². The quantitative estimate of drug-likeness (QED) is 0.830. The number of hydrogen-bond donors (Lipinski definition) is 0. The van der Waals surface area contributed by atoms with Gasteiger partial charge in [-0.05, 0) is 37.8 Å². The predicted octanol–water partition coefficient (Wildman–Crippen LogP) is 1.11. The number of piperidine rings is 1. The highest BCUT2D eigenvalue weighted by atomic mass is 16.2. The van der Waals surface area contributed by atoms with Crippen molar-refractivity contribution in [3.63, 3.8) is 0 Å². The molecule has 1 atom stereocenters. The third kappa shape index (κ3) is 2.46. The molecule has 2 fully saturated rings. The molecule has 1 aromatic rings. The second-order valence-electron chi connectivity index (χ2n) is 6.65. The van der Waals surface area contributed by atoms with E-state index in [1.165, 1.54) is 5.56 Å². The molecule has 0 bridgehead atoms. The van der Waals surface area contributed by atoms with Gasteiger partial charge in [0.05, 0.1) is 6.20 Å². The maximum absolute atomic E-state index is 12.1. The van der Waals surface area contributed by atoms with E-state index in [0.29, 0.717) is 11.3 Å². The zero-order valence-corrected chi connectivity index (χ0v) is 12.7. The molecule has 2 heterocycles. The molecule has 1 aliphatic heterocycles. The number of aryl methyl sites for hydroxylation is 1. The molecular weight excluding hydrogens is 252 g/mol. The smallest absolute Gasteiger partial charge is 0.225 e. The molecule has 2 aliphatic rings. The first kappa shape index (κ1) is 13.6. The molecule has 0 aromatic carbocycles. The number of carbonyl (C=O) groups excluding carboxylic acids is 1. The molecule has 110 valence electrons. The van der Waals surface area contributed by atoms with E-state index in [-0.39, 0.29) is 5.92 Å². The molecule has 3 rings (SSSR count). The van der Waals surface area contributed by atoms with Crippen LogP contribution in [0.2, 0.25) is 0 Å². The highest BCUT2D eigenvalue weighted by Gasteiger charge is 2.58. The lowest BCUT2D eigenvalue weighted by molar-refractivity contribution is -0.131. The summed E-state index contributed by atoms with van der Waals surface area (Å²) in [5.74, 6) is 0.615. The SMILES string of the molecule is CN(C)C(=O)C1CC12CCN(Cc1cnn(C)c1)CC2. The Hall–Kier alpha value is -1.36. The lowest BCUT2D eigenvalue weighted by Crippen LogP contribution is -2.36. The first-order chi connectivity index (χ1) is 9.50. The van der Waals surface area contributed by atoms with Crippen LogP contribution in [0.25, 0.3) is 0 Å². The van der Waals surface area contributed by atoms with Gasteiger partial charge >= 0.3 is 0 Å². The third-order valence-electron chi connectivity index (χ3n) is 4.94. The summed E-state index contributed by atoms with van der Waals surface area (Å²) in [5, 5.41) is 4.22. The summed E-state index contributed by atoms with van der Waals surface area (Å²) in [6, 6.07) is 0. The van der Waals surface area contributed by atoms with Crippen molar-refractivity contribution in [3.05, 3.63) is 18.0 Å². The van der Waals surface area contributed by atoms with Crippen LogP contribution < -0.4 is 0 Å². The molecule has 20 heavy (non-hydrogen) atoms. The van der Waals surface area contributed by atoms with Crippen LogP contribution in [0.15, 0.2) is 12.4 Å². The van der Waals surface area contributed by atoms with Crippen LogP contribution in [0.4, 0.5) is 0 Å². The minimum atomic E-state index is 0.290. The fraction of sp³-hybridized carbons (Fsp3) is 0.733. The van der Waals surface area contributed by atoms with E-state index in [9.17, 15) is 4.79 Å². The summed E-state index contributed by atoms with van der Waals surface area (Å²) in [7, 11) is 5.69. The number of rotatable bonds is 3. The monoisotopic (exact) mass is 276 g/mol. The van der Waals surface area contributed by atoms with Crippen LogP contribution in [0.3, 0.4) is 0 Å². The Kier molecular flexibility index (Phi) is 3.32. The van der Waals surface area contributed by atoms with Crippen LogP contribution in [0, 0.1) is 11.3 Å². The van der Waals surface area contributed by atoms with Gasteiger partial charge < -0.3 is 4.90 Å². The van der Waals surface area contributed by atoms with Gasteiger partial charge in [-0.1, -0.05) is 0 Å². The molecule has 1 unspecified atom stereocenters. The van der Waals surface area contributed by atoms with Gasteiger partial charge in [0.15, 0.2) is 0 Å². The number of aromatic nitrogens is 2. The van der Waals surface area contributed by atoms with E-state index >= 15 is 0 Å². The van der Waals surface area contributed by atoms with E-state index in [0.717, 1.165) is 38.9 Å². The minimum Gasteiger partial charge on any atom is -0.349 e. The van der Waals surface area contributed by atoms with Gasteiger partial charge in [0.2, 0.25) is 5.91 Å². The van der Waals surface area contributed by atoms with E-state index in [1.54, 1.807) is 4.90 Å². The first-order valence-electron chi connectivity index (χ1n) is 7.41. The Bertz CT molecular complexity index is 500. The average molecular weight is 276 g/mol. The fourth-order valence-corrected chi connectivity index (χ4v) is 3.53. The van der Waals surface area contributed by atoms with Crippen LogP contribution in [-0.2, 0) is 18.4 Å². The number of nitrogens with zero attached hydrogens (tertiary/aromatic N) is 4.